The van der Waals surface area contributed by atoms with Crippen LogP contribution in [0.15, 0.2) is 30.3 Å². The molecule has 0 bridgehead atoms. The lowest BCUT2D eigenvalue weighted by atomic mass is 10.1. The molecule has 1 aromatic rings. The molecule has 1 unspecified atom stereocenters. The minimum atomic E-state index is -0.394. The van der Waals surface area contributed by atoms with E-state index in [4.69, 9.17) is 4.74 Å². The van der Waals surface area contributed by atoms with Gasteiger partial charge in [-0.2, -0.15) is 0 Å². The molecule has 0 fully saturated rings. The van der Waals surface area contributed by atoms with Crippen molar-refractivity contribution in [3.05, 3.63) is 35.9 Å². The van der Waals surface area contributed by atoms with E-state index in [9.17, 15) is 9.59 Å². The topological polar surface area (TPSA) is 79.5 Å². The van der Waals surface area contributed by atoms with E-state index in [-0.39, 0.29) is 17.5 Å². The van der Waals surface area contributed by atoms with Crippen LogP contribution >= 0.6 is 0 Å². The molecule has 1 aromatic carbocycles. The second kappa shape index (κ2) is 18.3. The predicted octanol–water partition coefficient (Wildman–Crippen LogP) is 6.10. The van der Waals surface area contributed by atoms with Gasteiger partial charge in [-0.3, -0.25) is 4.79 Å². The molecule has 0 spiro atoms. The Balaban J connectivity index is 2.33. The van der Waals surface area contributed by atoms with Gasteiger partial charge in [0.25, 0.3) is 0 Å². The minimum Gasteiger partial charge on any atom is -0.450 e. The first-order valence-electron chi connectivity index (χ1n) is 13.3. The van der Waals surface area contributed by atoms with Gasteiger partial charge in [0.15, 0.2) is 0 Å². The van der Waals surface area contributed by atoms with Crippen molar-refractivity contribution in [2.45, 2.75) is 116 Å². The highest BCUT2D eigenvalue weighted by atomic mass is 16.5. The molecule has 0 heterocycles. The zero-order valence-electron chi connectivity index (χ0n) is 22.1. The van der Waals surface area contributed by atoms with Gasteiger partial charge in [0, 0.05) is 18.6 Å². The first kappa shape index (κ1) is 30.0. The Labute approximate surface area is 208 Å². The number of ether oxygens (including phenoxy) is 1. The number of nitrogens with one attached hydrogen (secondary N) is 3. The molecule has 34 heavy (non-hydrogen) atoms. The van der Waals surface area contributed by atoms with Gasteiger partial charge in [0.2, 0.25) is 5.91 Å². The van der Waals surface area contributed by atoms with Gasteiger partial charge in [0.05, 0.1) is 12.6 Å². The summed E-state index contributed by atoms with van der Waals surface area (Å²) in [5.41, 5.74) is 0.849. The summed E-state index contributed by atoms with van der Waals surface area (Å²) in [6.07, 6.45) is 11.9. The van der Waals surface area contributed by atoms with Gasteiger partial charge < -0.3 is 20.7 Å². The van der Waals surface area contributed by atoms with Crippen LogP contribution in [0.1, 0.15) is 104 Å². The predicted molar refractivity (Wildman–Crippen MR) is 141 cm³/mol. The van der Waals surface area contributed by atoms with Crippen molar-refractivity contribution >= 4 is 12.0 Å². The van der Waals surface area contributed by atoms with Crippen molar-refractivity contribution in [3.8, 4) is 0 Å². The number of hydrogen-bond acceptors (Lipinski definition) is 4. The summed E-state index contributed by atoms with van der Waals surface area (Å²) in [5, 5.41) is 9.32. The van der Waals surface area contributed by atoms with Crippen LogP contribution in [0.5, 0.6) is 0 Å². The van der Waals surface area contributed by atoms with Crippen LogP contribution in [0.25, 0.3) is 0 Å². The Morgan fingerprint density at radius 2 is 1.53 bits per heavy atom. The van der Waals surface area contributed by atoms with Crippen molar-refractivity contribution in [1.82, 2.24) is 16.0 Å². The maximum Gasteiger partial charge on any atom is 0.407 e. The first-order valence-corrected chi connectivity index (χ1v) is 13.3. The van der Waals surface area contributed by atoms with Crippen LogP contribution < -0.4 is 16.0 Å². The lowest BCUT2D eigenvalue weighted by Crippen LogP contribution is -2.44. The Morgan fingerprint density at radius 1 is 0.882 bits per heavy atom. The molecule has 0 saturated carbocycles. The van der Waals surface area contributed by atoms with Gasteiger partial charge in [0.1, 0.15) is 0 Å². The van der Waals surface area contributed by atoms with E-state index in [0.717, 1.165) is 31.4 Å². The van der Waals surface area contributed by atoms with E-state index in [2.05, 4.69) is 35.0 Å². The molecule has 0 aliphatic heterocycles. The number of benzene rings is 1. The number of carbonyl (C=O) groups excluding carboxylic acids is 2. The van der Waals surface area contributed by atoms with E-state index in [0.29, 0.717) is 19.6 Å². The minimum absolute atomic E-state index is 0.0604. The van der Waals surface area contributed by atoms with E-state index in [1.165, 1.54) is 44.9 Å². The van der Waals surface area contributed by atoms with Crippen LogP contribution in [-0.4, -0.2) is 36.7 Å². The third kappa shape index (κ3) is 16.5. The molecule has 6 nitrogen and oxygen atoms in total. The standard InChI is InChI=1S/C28H49N3O3/c1-5-6-7-8-9-10-11-16-21-29-26(32)25(30-23-24-18-13-12-14-19-24)20-15-17-22-34-27(33)31-28(2,3)4/h12-14,18-19,25,30H,5-11,15-17,20-23H2,1-4H3,(H,29,32)(H,31,33). The lowest BCUT2D eigenvalue weighted by Gasteiger charge is -2.20. The summed E-state index contributed by atoms with van der Waals surface area (Å²) >= 11 is 0. The van der Waals surface area contributed by atoms with E-state index >= 15 is 0 Å². The molecular formula is C28H49N3O3. The monoisotopic (exact) mass is 475 g/mol. The van der Waals surface area contributed by atoms with Gasteiger partial charge in [-0.15, -0.1) is 0 Å². The zero-order chi connectivity index (χ0) is 25.1. The lowest BCUT2D eigenvalue weighted by molar-refractivity contribution is -0.123. The van der Waals surface area contributed by atoms with Crippen LogP contribution in [0.3, 0.4) is 0 Å². The van der Waals surface area contributed by atoms with Crippen molar-refractivity contribution in [3.63, 3.8) is 0 Å². The fourth-order valence-electron chi connectivity index (χ4n) is 3.71. The van der Waals surface area contributed by atoms with Crippen LogP contribution in [0.4, 0.5) is 4.79 Å². The number of rotatable bonds is 18. The number of amides is 2. The molecule has 3 N–H and O–H groups in total. The van der Waals surface area contributed by atoms with Crippen molar-refractivity contribution < 1.29 is 14.3 Å². The second-order valence-corrected chi connectivity index (χ2v) is 10.2. The quantitative estimate of drug-likeness (QED) is 0.224. The fourth-order valence-corrected chi connectivity index (χ4v) is 3.71. The maximum absolute atomic E-state index is 12.8. The molecule has 1 rings (SSSR count). The summed E-state index contributed by atoms with van der Waals surface area (Å²) in [5.74, 6) is 0.0604. The molecule has 6 heteroatoms. The molecule has 2 amide bonds. The highest BCUT2D eigenvalue weighted by Gasteiger charge is 2.18. The number of unbranched alkanes of at least 4 members (excludes halogenated alkanes) is 8. The SMILES string of the molecule is CCCCCCCCCCNC(=O)C(CCCCOC(=O)NC(C)(C)C)NCc1ccccc1. The van der Waals surface area contributed by atoms with Gasteiger partial charge in [-0.05, 0) is 52.0 Å². The largest absolute Gasteiger partial charge is 0.450 e. The molecular weight excluding hydrogens is 426 g/mol. The van der Waals surface area contributed by atoms with Gasteiger partial charge >= 0.3 is 6.09 Å². The summed E-state index contributed by atoms with van der Waals surface area (Å²) < 4.78 is 5.25. The summed E-state index contributed by atoms with van der Waals surface area (Å²) in [7, 11) is 0. The van der Waals surface area contributed by atoms with Crippen molar-refractivity contribution in [2.24, 2.45) is 0 Å². The fraction of sp³-hybridized carbons (Fsp3) is 0.714. The van der Waals surface area contributed by atoms with Gasteiger partial charge in [-0.25, -0.2) is 4.79 Å². The summed E-state index contributed by atoms with van der Waals surface area (Å²) in [4.78, 5) is 24.6. The Kier molecular flexibility index (Phi) is 16.1. The van der Waals surface area contributed by atoms with E-state index in [1.807, 2.05) is 39.0 Å². The molecule has 0 aromatic heterocycles. The van der Waals surface area contributed by atoms with Gasteiger partial charge in [-0.1, -0.05) is 82.2 Å². The average Bonchev–Trinajstić information content (AvgIpc) is 2.79. The summed E-state index contributed by atoms with van der Waals surface area (Å²) in [6.45, 7) is 9.74. The van der Waals surface area contributed by atoms with Crippen LogP contribution in [-0.2, 0) is 16.1 Å². The maximum atomic E-state index is 12.8. The average molecular weight is 476 g/mol. The third-order valence-corrected chi connectivity index (χ3v) is 5.64. The number of alkyl carbamates (subject to hydrolysis) is 1. The molecule has 0 saturated heterocycles. The molecule has 0 radical (unpaired) electrons. The smallest absolute Gasteiger partial charge is 0.407 e. The first-order chi connectivity index (χ1) is 16.3. The van der Waals surface area contributed by atoms with E-state index in [1.54, 1.807) is 0 Å². The van der Waals surface area contributed by atoms with E-state index < -0.39 is 6.09 Å². The second-order valence-electron chi connectivity index (χ2n) is 10.2. The normalized spacial score (nSPS) is 12.2. The van der Waals surface area contributed by atoms with Crippen molar-refractivity contribution in [2.75, 3.05) is 13.2 Å². The Morgan fingerprint density at radius 3 is 2.18 bits per heavy atom. The summed E-state index contributed by atoms with van der Waals surface area (Å²) in [6, 6.07) is 9.88. The molecule has 0 aliphatic carbocycles. The number of hydrogen-bond donors (Lipinski definition) is 3. The van der Waals surface area contributed by atoms with Crippen LogP contribution in [0.2, 0.25) is 0 Å². The Hall–Kier alpha value is -2.08. The Bertz CT molecular complexity index is 659. The molecule has 0 aliphatic rings. The third-order valence-electron chi connectivity index (χ3n) is 5.64. The number of carbonyl (C=O) groups is 2. The molecule has 1 atom stereocenters. The van der Waals surface area contributed by atoms with Crippen molar-refractivity contribution in [1.29, 1.82) is 0 Å². The van der Waals surface area contributed by atoms with Crippen LogP contribution in [0, 0.1) is 0 Å². The zero-order valence-corrected chi connectivity index (χ0v) is 22.1. The highest BCUT2D eigenvalue weighted by Crippen LogP contribution is 2.09. The highest BCUT2D eigenvalue weighted by molar-refractivity contribution is 5.81. The molecule has 194 valence electrons.